The van der Waals surface area contributed by atoms with E-state index in [9.17, 15) is 9.90 Å². The second kappa shape index (κ2) is 4.40. The van der Waals surface area contributed by atoms with Crippen molar-refractivity contribution in [2.45, 2.75) is 0 Å². The summed E-state index contributed by atoms with van der Waals surface area (Å²) in [6, 6.07) is 10.1. The summed E-state index contributed by atoms with van der Waals surface area (Å²) in [6.07, 6.45) is 1.57. The Morgan fingerprint density at radius 3 is 2.79 bits per heavy atom. The lowest BCUT2D eigenvalue weighted by atomic mass is 10.1. The molecule has 0 aliphatic carbocycles. The number of halogens is 1. The maximum absolute atomic E-state index is 12.1. The van der Waals surface area contributed by atoms with Crippen molar-refractivity contribution in [3.8, 4) is 17.0 Å². The Bertz CT molecular complexity index is 813. The molecule has 3 rings (SSSR count). The molecular formula is C14H9ClN2O2. The lowest BCUT2D eigenvalue weighted by Crippen LogP contribution is -2.10. The maximum Gasteiger partial charge on any atom is 0.261 e. The van der Waals surface area contributed by atoms with Crippen LogP contribution in [0.1, 0.15) is 0 Å². The summed E-state index contributed by atoms with van der Waals surface area (Å²) in [6.45, 7) is 0. The number of pyridine rings is 2. The van der Waals surface area contributed by atoms with Crippen LogP contribution in [0.3, 0.4) is 0 Å². The Balaban J connectivity index is 2.39. The van der Waals surface area contributed by atoms with E-state index in [0.29, 0.717) is 21.6 Å². The summed E-state index contributed by atoms with van der Waals surface area (Å²) in [5, 5.41) is 11.3. The van der Waals surface area contributed by atoms with Gasteiger partial charge in [0.15, 0.2) is 0 Å². The Hall–Kier alpha value is -2.33. The second-order valence-electron chi connectivity index (χ2n) is 4.08. The predicted octanol–water partition coefficient (Wildman–Crippen LogP) is 2.95. The lowest BCUT2D eigenvalue weighted by Gasteiger charge is -2.07. The van der Waals surface area contributed by atoms with Crippen LogP contribution < -0.4 is 5.56 Å². The van der Waals surface area contributed by atoms with E-state index < -0.39 is 5.56 Å². The van der Waals surface area contributed by atoms with E-state index in [0.717, 1.165) is 0 Å². The molecule has 94 valence electrons. The van der Waals surface area contributed by atoms with E-state index in [1.807, 2.05) is 0 Å². The number of nitrogens with one attached hydrogen (secondary N) is 1. The summed E-state index contributed by atoms with van der Waals surface area (Å²) >= 11 is 5.86. The van der Waals surface area contributed by atoms with Crippen LogP contribution in [-0.2, 0) is 0 Å². The van der Waals surface area contributed by atoms with Crippen LogP contribution in [0.15, 0.2) is 47.4 Å². The number of benzene rings is 1. The fourth-order valence-corrected chi connectivity index (χ4v) is 2.17. The molecular weight excluding hydrogens is 264 g/mol. The number of fused-ring (bicyclic) bond motifs is 1. The minimum atomic E-state index is -0.397. The minimum Gasteiger partial charge on any atom is -0.506 e. The van der Waals surface area contributed by atoms with Gasteiger partial charge in [0.05, 0.1) is 11.2 Å². The Morgan fingerprint density at radius 2 is 2.05 bits per heavy atom. The molecule has 5 heteroatoms. The molecule has 4 nitrogen and oxygen atoms in total. The Morgan fingerprint density at radius 1 is 1.21 bits per heavy atom. The zero-order valence-electron chi connectivity index (χ0n) is 9.72. The SMILES string of the molecule is O=c1[nH]c2cc(Cl)ccc2c(O)c1-c1ccccn1. The Kier molecular flexibility index (Phi) is 2.72. The van der Waals surface area contributed by atoms with Crippen molar-refractivity contribution in [1.29, 1.82) is 0 Å². The van der Waals surface area contributed by atoms with E-state index in [-0.39, 0.29) is 11.3 Å². The fourth-order valence-electron chi connectivity index (χ4n) is 2.00. The van der Waals surface area contributed by atoms with Crippen LogP contribution >= 0.6 is 11.6 Å². The van der Waals surface area contributed by atoms with Crippen molar-refractivity contribution in [3.05, 3.63) is 58.0 Å². The first kappa shape index (κ1) is 11.7. The standard InChI is InChI=1S/C14H9ClN2O2/c15-8-4-5-9-11(7-8)17-14(19)12(13(9)18)10-3-1-2-6-16-10/h1-7H,(H2,17,18,19). The predicted molar refractivity (Wildman–Crippen MR) is 74.5 cm³/mol. The molecule has 0 aliphatic rings. The topological polar surface area (TPSA) is 66.0 Å². The van der Waals surface area contributed by atoms with Crippen LogP contribution in [0.2, 0.25) is 5.02 Å². The highest BCUT2D eigenvalue weighted by atomic mass is 35.5. The second-order valence-corrected chi connectivity index (χ2v) is 4.52. The van der Waals surface area contributed by atoms with Crippen molar-refractivity contribution in [1.82, 2.24) is 9.97 Å². The lowest BCUT2D eigenvalue weighted by molar-refractivity contribution is 0.482. The van der Waals surface area contributed by atoms with Gasteiger partial charge >= 0.3 is 0 Å². The van der Waals surface area contributed by atoms with Crippen LogP contribution in [0.4, 0.5) is 0 Å². The first-order chi connectivity index (χ1) is 9.16. The van der Waals surface area contributed by atoms with Gasteiger partial charge in [-0.2, -0.15) is 0 Å². The third-order valence-corrected chi connectivity index (χ3v) is 3.10. The number of rotatable bonds is 1. The summed E-state index contributed by atoms with van der Waals surface area (Å²) in [5.74, 6) is -0.0888. The van der Waals surface area contributed by atoms with Gasteiger partial charge in [-0.05, 0) is 30.3 Å². The quantitative estimate of drug-likeness (QED) is 0.716. The smallest absolute Gasteiger partial charge is 0.261 e. The summed E-state index contributed by atoms with van der Waals surface area (Å²) < 4.78 is 0. The van der Waals surface area contributed by atoms with Crippen molar-refractivity contribution < 1.29 is 5.11 Å². The molecule has 0 amide bonds. The van der Waals surface area contributed by atoms with E-state index in [1.54, 1.807) is 42.6 Å². The Labute approximate surface area is 113 Å². The highest BCUT2D eigenvalue weighted by molar-refractivity contribution is 6.31. The highest BCUT2D eigenvalue weighted by Crippen LogP contribution is 2.31. The zero-order chi connectivity index (χ0) is 13.4. The molecule has 2 heterocycles. The van der Waals surface area contributed by atoms with Gasteiger partial charge in [0.25, 0.3) is 5.56 Å². The molecule has 0 radical (unpaired) electrons. The molecule has 19 heavy (non-hydrogen) atoms. The molecule has 0 aliphatic heterocycles. The monoisotopic (exact) mass is 272 g/mol. The largest absolute Gasteiger partial charge is 0.506 e. The van der Waals surface area contributed by atoms with Crippen LogP contribution in [-0.4, -0.2) is 15.1 Å². The van der Waals surface area contributed by atoms with Crippen LogP contribution in [0.5, 0.6) is 5.75 Å². The fraction of sp³-hybridized carbons (Fsp3) is 0. The van der Waals surface area contributed by atoms with Crippen molar-refractivity contribution in [2.75, 3.05) is 0 Å². The number of H-pyrrole nitrogens is 1. The molecule has 2 N–H and O–H groups in total. The van der Waals surface area contributed by atoms with Crippen LogP contribution in [0, 0.1) is 0 Å². The van der Waals surface area contributed by atoms with E-state index >= 15 is 0 Å². The van der Waals surface area contributed by atoms with Gasteiger partial charge in [-0.1, -0.05) is 17.7 Å². The first-order valence-electron chi connectivity index (χ1n) is 5.63. The molecule has 2 aromatic heterocycles. The third-order valence-electron chi connectivity index (χ3n) is 2.87. The number of aromatic hydroxyl groups is 1. The molecule has 1 aromatic carbocycles. The molecule has 0 bridgehead atoms. The van der Waals surface area contributed by atoms with Gasteiger partial charge in [0.1, 0.15) is 11.3 Å². The molecule has 0 saturated carbocycles. The number of hydrogen-bond donors (Lipinski definition) is 2. The normalized spacial score (nSPS) is 10.8. The minimum absolute atomic E-state index is 0.0888. The maximum atomic E-state index is 12.1. The molecule has 0 atom stereocenters. The van der Waals surface area contributed by atoms with Gasteiger partial charge in [-0.15, -0.1) is 0 Å². The van der Waals surface area contributed by atoms with Gasteiger partial charge < -0.3 is 10.1 Å². The third kappa shape index (κ3) is 1.96. The first-order valence-corrected chi connectivity index (χ1v) is 6.00. The average molecular weight is 273 g/mol. The summed E-state index contributed by atoms with van der Waals surface area (Å²) in [5.41, 5.74) is 0.689. The van der Waals surface area contributed by atoms with E-state index in [4.69, 9.17) is 11.6 Å². The summed E-state index contributed by atoms with van der Waals surface area (Å²) in [7, 11) is 0. The molecule has 0 unspecified atom stereocenters. The van der Waals surface area contributed by atoms with Crippen molar-refractivity contribution >= 4 is 22.5 Å². The van der Waals surface area contributed by atoms with Gasteiger partial charge in [-0.3, -0.25) is 9.78 Å². The molecule has 0 saturated heterocycles. The molecule has 3 aromatic rings. The van der Waals surface area contributed by atoms with E-state index in [1.165, 1.54) is 0 Å². The van der Waals surface area contributed by atoms with E-state index in [2.05, 4.69) is 9.97 Å². The zero-order valence-corrected chi connectivity index (χ0v) is 10.5. The number of aromatic amines is 1. The number of aromatic nitrogens is 2. The highest BCUT2D eigenvalue weighted by Gasteiger charge is 2.14. The number of hydrogen-bond acceptors (Lipinski definition) is 3. The molecule has 0 spiro atoms. The number of nitrogens with zero attached hydrogens (tertiary/aromatic N) is 1. The van der Waals surface area contributed by atoms with Crippen molar-refractivity contribution in [3.63, 3.8) is 0 Å². The average Bonchev–Trinajstić information content (AvgIpc) is 2.39. The molecule has 0 fully saturated rings. The summed E-state index contributed by atoms with van der Waals surface area (Å²) in [4.78, 5) is 18.9. The van der Waals surface area contributed by atoms with Gasteiger partial charge in [-0.25, -0.2) is 0 Å². The van der Waals surface area contributed by atoms with Gasteiger partial charge in [0, 0.05) is 16.6 Å². The van der Waals surface area contributed by atoms with Crippen molar-refractivity contribution in [2.24, 2.45) is 0 Å². The van der Waals surface area contributed by atoms with Gasteiger partial charge in [0.2, 0.25) is 0 Å². The van der Waals surface area contributed by atoms with Crippen LogP contribution in [0.25, 0.3) is 22.2 Å².